The average Bonchev–Trinajstić information content (AvgIpc) is 2.80. The number of carbonyl (C=O) groups is 2. The fourth-order valence-corrected chi connectivity index (χ4v) is 4.00. The van der Waals surface area contributed by atoms with Crippen LogP contribution in [0.3, 0.4) is 0 Å². The van der Waals surface area contributed by atoms with Gasteiger partial charge in [0.05, 0.1) is 5.69 Å². The number of hydrogen-bond donors (Lipinski definition) is 2. The molecule has 0 atom stereocenters. The number of likely N-dealkylation sites (tertiary alicyclic amines) is 1. The van der Waals surface area contributed by atoms with Gasteiger partial charge in [-0.3, -0.25) is 19.4 Å². The maximum Gasteiger partial charge on any atom is 0.290 e. The number of amides is 1. The number of H-pyrrole nitrogens is 1. The van der Waals surface area contributed by atoms with Crippen molar-refractivity contribution in [1.82, 2.24) is 19.8 Å². The van der Waals surface area contributed by atoms with Gasteiger partial charge in [0.25, 0.3) is 17.9 Å². The fourth-order valence-electron chi connectivity index (χ4n) is 4.00. The molecule has 3 heterocycles. The normalized spacial score (nSPS) is 14.5. The van der Waals surface area contributed by atoms with Crippen molar-refractivity contribution in [3.63, 3.8) is 0 Å². The van der Waals surface area contributed by atoms with Crippen LogP contribution in [0.1, 0.15) is 28.9 Å². The number of aromatic nitrogens is 2. The Balaban J connectivity index is 0.000000913. The van der Waals surface area contributed by atoms with Crippen LogP contribution < -0.4 is 5.56 Å². The number of aryl methyl sites for hydroxylation is 1. The molecule has 1 aromatic carbocycles. The summed E-state index contributed by atoms with van der Waals surface area (Å²) in [6.45, 7) is 3.75. The number of pyridine rings is 2. The number of aromatic amines is 1. The van der Waals surface area contributed by atoms with Crippen molar-refractivity contribution < 1.29 is 14.7 Å². The van der Waals surface area contributed by atoms with Crippen molar-refractivity contribution in [3.8, 4) is 11.3 Å². The standard InChI is InChI=1S/C23H26N4O2.CH2O2/c1-15-5-4-6-18-19(15)13-21(25-22(18)28)16-7-8-20(24-14-16)23(29)27(3)17-9-11-26(2)12-10-17;2-1-3/h4-8,13-14,17H,9-12H2,1-3H3,(H,25,28);1H,(H,2,3). The molecule has 0 spiro atoms. The van der Waals surface area contributed by atoms with E-state index in [2.05, 4.69) is 21.9 Å². The molecule has 1 amide bonds. The summed E-state index contributed by atoms with van der Waals surface area (Å²) in [5.74, 6) is -0.0612. The quantitative estimate of drug-likeness (QED) is 0.612. The molecular weight excluding hydrogens is 408 g/mol. The van der Waals surface area contributed by atoms with Gasteiger partial charge < -0.3 is 19.9 Å². The van der Waals surface area contributed by atoms with E-state index in [0.717, 1.165) is 42.4 Å². The summed E-state index contributed by atoms with van der Waals surface area (Å²) in [6, 6.07) is 11.5. The second kappa shape index (κ2) is 10.2. The SMILES string of the molecule is Cc1cccc2c(=O)[nH]c(-c3ccc(C(=O)N(C)C4CCN(C)CC4)nc3)cc12.O=CO. The lowest BCUT2D eigenvalue weighted by atomic mass is 10.0. The molecule has 8 nitrogen and oxygen atoms in total. The number of carbonyl (C=O) groups excluding carboxylic acids is 1. The Morgan fingerprint density at radius 2 is 1.91 bits per heavy atom. The molecule has 168 valence electrons. The van der Waals surface area contributed by atoms with Crippen molar-refractivity contribution in [1.29, 1.82) is 0 Å². The highest BCUT2D eigenvalue weighted by atomic mass is 16.3. The minimum atomic E-state index is -0.250. The highest BCUT2D eigenvalue weighted by Crippen LogP contribution is 2.22. The molecule has 1 aliphatic heterocycles. The first-order valence-electron chi connectivity index (χ1n) is 10.5. The number of nitrogens with one attached hydrogen (secondary N) is 1. The van der Waals surface area contributed by atoms with Crippen LogP contribution in [-0.2, 0) is 4.79 Å². The smallest absolute Gasteiger partial charge is 0.290 e. The van der Waals surface area contributed by atoms with Crippen LogP contribution in [0.5, 0.6) is 0 Å². The third-order valence-corrected chi connectivity index (χ3v) is 5.96. The van der Waals surface area contributed by atoms with Crippen LogP contribution in [0.15, 0.2) is 47.4 Å². The van der Waals surface area contributed by atoms with Gasteiger partial charge in [-0.1, -0.05) is 12.1 Å². The van der Waals surface area contributed by atoms with Crippen LogP contribution in [-0.4, -0.2) is 70.5 Å². The molecule has 0 saturated carbocycles. The minimum absolute atomic E-state index is 0.0612. The Bertz CT molecular complexity index is 1150. The Labute approximate surface area is 186 Å². The maximum atomic E-state index is 12.8. The summed E-state index contributed by atoms with van der Waals surface area (Å²) >= 11 is 0. The molecule has 0 radical (unpaired) electrons. The van der Waals surface area contributed by atoms with E-state index in [0.29, 0.717) is 16.8 Å². The van der Waals surface area contributed by atoms with Gasteiger partial charge in [0.1, 0.15) is 5.69 Å². The van der Waals surface area contributed by atoms with Crippen molar-refractivity contribution in [2.75, 3.05) is 27.2 Å². The molecule has 32 heavy (non-hydrogen) atoms. The summed E-state index contributed by atoms with van der Waals surface area (Å²) in [7, 11) is 3.97. The summed E-state index contributed by atoms with van der Waals surface area (Å²) < 4.78 is 0. The topological polar surface area (TPSA) is 107 Å². The van der Waals surface area contributed by atoms with E-state index in [1.807, 2.05) is 49.2 Å². The molecule has 8 heteroatoms. The van der Waals surface area contributed by atoms with Crippen LogP contribution in [0.25, 0.3) is 22.0 Å². The Morgan fingerprint density at radius 1 is 1.22 bits per heavy atom. The molecular formula is C24H28N4O4. The highest BCUT2D eigenvalue weighted by molar-refractivity contribution is 5.93. The highest BCUT2D eigenvalue weighted by Gasteiger charge is 2.25. The van der Waals surface area contributed by atoms with Crippen molar-refractivity contribution in [2.24, 2.45) is 0 Å². The van der Waals surface area contributed by atoms with E-state index >= 15 is 0 Å². The average molecular weight is 437 g/mol. The predicted molar refractivity (Wildman–Crippen MR) is 124 cm³/mol. The molecule has 0 bridgehead atoms. The van der Waals surface area contributed by atoms with Crippen LogP contribution >= 0.6 is 0 Å². The fraction of sp³-hybridized carbons (Fsp3) is 0.333. The lowest BCUT2D eigenvalue weighted by Crippen LogP contribution is -2.44. The van der Waals surface area contributed by atoms with Gasteiger partial charge in [-0.15, -0.1) is 0 Å². The number of carboxylic acid groups (broad SMARTS) is 1. The number of fused-ring (bicyclic) bond motifs is 1. The Kier molecular flexibility index (Phi) is 7.37. The van der Waals surface area contributed by atoms with E-state index in [-0.39, 0.29) is 24.0 Å². The lowest BCUT2D eigenvalue weighted by Gasteiger charge is -2.34. The minimum Gasteiger partial charge on any atom is -0.483 e. The lowest BCUT2D eigenvalue weighted by molar-refractivity contribution is -0.122. The molecule has 1 saturated heterocycles. The van der Waals surface area contributed by atoms with Crippen molar-refractivity contribution >= 4 is 23.2 Å². The molecule has 0 unspecified atom stereocenters. The first-order chi connectivity index (χ1) is 15.3. The molecule has 0 aliphatic carbocycles. The van der Waals surface area contributed by atoms with Gasteiger partial charge in [-0.05, 0) is 75.1 Å². The number of hydrogen-bond acceptors (Lipinski definition) is 5. The third-order valence-electron chi connectivity index (χ3n) is 5.96. The molecule has 4 rings (SSSR count). The second-order valence-electron chi connectivity index (χ2n) is 8.04. The van der Waals surface area contributed by atoms with Gasteiger partial charge in [-0.25, -0.2) is 0 Å². The number of nitrogens with zero attached hydrogens (tertiary/aromatic N) is 3. The molecule has 2 aromatic heterocycles. The summed E-state index contributed by atoms with van der Waals surface area (Å²) in [6.07, 6.45) is 3.62. The van der Waals surface area contributed by atoms with Gasteiger partial charge in [0.15, 0.2) is 0 Å². The van der Waals surface area contributed by atoms with Crippen LogP contribution in [0.2, 0.25) is 0 Å². The zero-order chi connectivity index (χ0) is 23.3. The van der Waals surface area contributed by atoms with Crippen molar-refractivity contribution in [3.05, 3.63) is 64.2 Å². The molecule has 1 fully saturated rings. The molecule has 2 N–H and O–H groups in total. The number of piperidine rings is 1. The van der Waals surface area contributed by atoms with Gasteiger partial charge >= 0.3 is 0 Å². The largest absolute Gasteiger partial charge is 0.483 e. The van der Waals surface area contributed by atoms with Gasteiger partial charge in [-0.2, -0.15) is 0 Å². The number of rotatable bonds is 3. The first kappa shape index (κ1) is 23.1. The summed E-state index contributed by atoms with van der Waals surface area (Å²) in [4.78, 5) is 45.1. The Hall–Kier alpha value is -3.52. The first-order valence-corrected chi connectivity index (χ1v) is 10.5. The zero-order valence-electron chi connectivity index (χ0n) is 18.5. The predicted octanol–water partition coefficient (Wildman–Crippen LogP) is 2.77. The van der Waals surface area contributed by atoms with E-state index < -0.39 is 0 Å². The monoisotopic (exact) mass is 436 g/mol. The molecule has 1 aliphatic rings. The zero-order valence-corrected chi connectivity index (χ0v) is 18.5. The second-order valence-corrected chi connectivity index (χ2v) is 8.04. The van der Waals surface area contributed by atoms with Gasteiger partial charge in [0, 0.05) is 30.2 Å². The van der Waals surface area contributed by atoms with Crippen LogP contribution in [0.4, 0.5) is 0 Å². The maximum absolute atomic E-state index is 12.8. The third kappa shape index (κ3) is 5.03. The summed E-state index contributed by atoms with van der Waals surface area (Å²) in [5, 5.41) is 8.49. The summed E-state index contributed by atoms with van der Waals surface area (Å²) in [5.41, 5.74) is 2.84. The number of benzene rings is 1. The van der Waals surface area contributed by atoms with Crippen molar-refractivity contribution in [2.45, 2.75) is 25.8 Å². The van der Waals surface area contributed by atoms with E-state index in [9.17, 15) is 9.59 Å². The van der Waals surface area contributed by atoms with E-state index in [1.165, 1.54) is 0 Å². The van der Waals surface area contributed by atoms with Gasteiger partial charge in [0.2, 0.25) is 0 Å². The van der Waals surface area contributed by atoms with E-state index in [1.54, 1.807) is 12.3 Å². The Morgan fingerprint density at radius 3 is 2.53 bits per heavy atom. The van der Waals surface area contributed by atoms with E-state index in [4.69, 9.17) is 9.90 Å². The molecule has 3 aromatic rings. The van der Waals surface area contributed by atoms with Crippen LogP contribution in [0, 0.1) is 6.92 Å².